The quantitative estimate of drug-likeness (QED) is 0.732. The van der Waals surface area contributed by atoms with Crippen molar-refractivity contribution in [1.29, 1.82) is 0 Å². The Morgan fingerprint density at radius 2 is 2.12 bits per heavy atom. The number of nitrogens with one attached hydrogen (secondary N) is 1. The molecule has 0 radical (unpaired) electrons. The van der Waals surface area contributed by atoms with Gasteiger partial charge in [0.1, 0.15) is 5.75 Å². The van der Waals surface area contributed by atoms with Gasteiger partial charge in [0, 0.05) is 11.3 Å². The van der Waals surface area contributed by atoms with E-state index in [1.165, 1.54) is 6.42 Å². The highest BCUT2D eigenvalue weighted by Gasteiger charge is 2.28. The largest absolute Gasteiger partial charge is 0.392 e. The first-order valence-corrected chi connectivity index (χ1v) is 8.60. The number of sulfonamides is 1. The van der Waals surface area contributed by atoms with Gasteiger partial charge in [0.2, 0.25) is 10.0 Å². The summed E-state index contributed by atoms with van der Waals surface area (Å²) in [6.45, 7) is 0. The zero-order valence-corrected chi connectivity index (χ0v) is 11.8. The molecule has 0 aliphatic heterocycles. The fourth-order valence-electron chi connectivity index (χ4n) is 1.97. The highest BCUT2D eigenvalue weighted by molar-refractivity contribution is 7.99. The standard InChI is InChI=1S/C9H18N2O2S3/c1-15-8-5-3-2-4-7(8)11-16(12,13)6-9(10)14/h7-8,11H,2-6H2,1H3,(H2,10,14). The molecule has 1 aliphatic rings. The molecule has 16 heavy (non-hydrogen) atoms. The lowest BCUT2D eigenvalue weighted by atomic mass is 9.96. The Morgan fingerprint density at radius 1 is 1.50 bits per heavy atom. The van der Waals surface area contributed by atoms with Crippen LogP contribution in [0.2, 0.25) is 0 Å². The van der Waals surface area contributed by atoms with Gasteiger partial charge in [0.15, 0.2) is 0 Å². The van der Waals surface area contributed by atoms with Crippen LogP contribution in [-0.2, 0) is 10.0 Å². The van der Waals surface area contributed by atoms with Crippen molar-refractivity contribution in [2.45, 2.75) is 37.0 Å². The topological polar surface area (TPSA) is 72.2 Å². The third kappa shape index (κ3) is 4.57. The zero-order valence-electron chi connectivity index (χ0n) is 9.31. The van der Waals surface area contributed by atoms with Crippen molar-refractivity contribution in [2.75, 3.05) is 12.0 Å². The van der Waals surface area contributed by atoms with Crippen LogP contribution in [-0.4, -0.2) is 36.7 Å². The molecule has 1 fully saturated rings. The van der Waals surface area contributed by atoms with Gasteiger partial charge in [-0.25, -0.2) is 13.1 Å². The van der Waals surface area contributed by atoms with Crippen LogP contribution in [0, 0.1) is 0 Å². The molecule has 2 atom stereocenters. The minimum absolute atomic E-state index is 0.0176. The summed E-state index contributed by atoms with van der Waals surface area (Å²) in [7, 11) is -3.35. The Labute approximate surface area is 107 Å². The normalized spacial score (nSPS) is 26.6. The van der Waals surface area contributed by atoms with Crippen molar-refractivity contribution in [3.63, 3.8) is 0 Å². The summed E-state index contributed by atoms with van der Waals surface area (Å²) in [4.78, 5) is 0.0176. The molecule has 0 spiro atoms. The van der Waals surface area contributed by atoms with Gasteiger partial charge in [-0.15, -0.1) is 0 Å². The molecule has 1 saturated carbocycles. The second kappa shape index (κ2) is 6.18. The van der Waals surface area contributed by atoms with Crippen molar-refractivity contribution in [1.82, 2.24) is 4.72 Å². The maximum absolute atomic E-state index is 11.7. The summed E-state index contributed by atoms with van der Waals surface area (Å²) < 4.78 is 26.1. The third-order valence-corrected chi connectivity index (χ3v) is 5.52. The smallest absolute Gasteiger partial charge is 0.218 e. The van der Waals surface area contributed by atoms with Crippen LogP contribution in [0.3, 0.4) is 0 Å². The van der Waals surface area contributed by atoms with E-state index in [9.17, 15) is 8.42 Å². The van der Waals surface area contributed by atoms with Crippen molar-refractivity contribution >= 4 is 39.0 Å². The van der Waals surface area contributed by atoms with Gasteiger partial charge in [-0.2, -0.15) is 11.8 Å². The molecule has 1 aliphatic carbocycles. The molecular formula is C9H18N2O2S3. The lowest BCUT2D eigenvalue weighted by molar-refractivity contribution is 0.424. The lowest BCUT2D eigenvalue weighted by Gasteiger charge is -2.30. The molecule has 94 valence electrons. The maximum Gasteiger partial charge on any atom is 0.218 e. The monoisotopic (exact) mass is 282 g/mol. The van der Waals surface area contributed by atoms with Gasteiger partial charge in [-0.3, -0.25) is 0 Å². The molecule has 7 heteroatoms. The molecule has 0 aromatic heterocycles. The Bertz CT molecular complexity index is 343. The molecule has 0 bridgehead atoms. The van der Waals surface area contributed by atoms with E-state index in [1.54, 1.807) is 11.8 Å². The van der Waals surface area contributed by atoms with Gasteiger partial charge >= 0.3 is 0 Å². The van der Waals surface area contributed by atoms with Crippen molar-refractivity contribution in [3.8, 4) is 0 Å². The molecule has 1 rings (SSSR count). The molecule has 0 aromatic rings. The van der Waals surface area contributed by atoms with E-state index in [4.69, 9.17) is 5.73 Å². The predicted octanol–water partition coefficient (Wildman–Crippen LogP) is 0.866. The molecule has 0 aromatic carbocycles. The van der Waals surface area contributed by atoms with Crippen molar-refractivity contribution in [3.05, 3.63) is 0 Å². The summed E-state index contributed by atoms with van der Waals surface area (Å²) >= 11 is 6.34. The molecular weight excluding hydrogens is 264 g/mol. The molecule has 2 unspecified atom stereocenters. The number of rotatable bonds is 5. The maximum atomic E-state index is 11.7. The van der Waals surface area contributed by atoms with E-state index in [0.717, 1.165) is 19.3 Å². The van der Waals surface area contributed by atoms with Crippen LogP contribution in [0.1, 0.15) is 25.7 Å². The molecule has 3 N–H and O–H groups in total. The molecule has 0 amide bonds. The Hall–Kier alpha value is 0.150. The SMILES string of the molecule is CSC1CCCCC1NS(=O)(=O)CC(N)=S. The van der Waals surface area contributed by atoms with E-state index in [2.05, 4.69) is 16.9 Å². The van der Waals surface area contributed by atoms with Crippen LogP contribution < -0.4 is 10.5 Å². The first kappa shape index (κ1) is 14.2. The fourth-order valence-corrected chi connectivity index (χ4v) is 4.66. The summed E-state index contributed by atoms with van der Waals surface area (Å²) in [5.74, 6) is -0.250. The van der Waals surface area contributed by atoms with Crippen LogP contribution in [0.15, 0.2) is 0 Å². The highest BCUT2D eigenvalue weighted by atomic mass is 32.2. The Kier molecular flexibility index (Phi) is 5.49. The second-order valence-electron chi connectivity index (χ2n) is 4.01. The second-order valence-corrected chi connectivity index (χ2v) is 7.36. The van der Waals surface area contributed by atoms with Crippen LogP contribution in [0.25, 0.3) is 0 Å². The Morgan fingerprint density at radius 3 is 2.69 bits per heavy atom. The zero-order chi connectivity index (χ0) is 12.2. The summed E-state index contributed by atoms with van der Waals surface area (Å²) in [5, 5.41) is 0.370. The summed E-state index contributed by atoms with van der Waals surface area (Å²) in [6, 6.07) is 0.0306. The van der Waals surface area contributed by atoms with E-state index in [-0.39, 0.29) is 16.8 Å². The van der Waals surface area contributed by atoms with Gasteiger partial charge in [0.05, 0.1) is 4.99 Å². The van der Waals surface area contributed by atoms with E-state index >= 15 is 0 Å². The minimum Gasteiger partial charge on any atom is -0.392 e. The third-order valence-electron chi connectivity index (χ3n) is 2.67. The Balaban J connectivity index is 2.60. The van der Waals surface area contributed by atoms with Gasteiger partial charge < -0.3 is 5.73 Å². The van der Waals surface area contributed by atoms with Gasteiger partial charge in [0.25, 0.3) is 0 Å². The first-order chi connectivity index (χ1) is 7.44. The number of hydrogen-bond acceptors (Lipinski definition) is 4. The average Bonchev–Trinajstić information content (AvgIpc) is 2.15. The molecule has 4 nitrogen and oxygen atoms in total. The van der Waals surface area contributed by atoms with E-state index in [1.807, 2.05) is 6.26 Å². The molecule has 0 heterocycles. The van der Waals surface area contributed by atoms with Gasteiger partial charge in [-0.05, 0) is 19.1 Å². The van der Waals surface area contributed by atoms with Crippen LogP contribution in [0.5, 0.6) is 0 Å². The van der Waals surface area contributed by atoms with Crippen molar-refractivity contribution < 1.29 is 8.42 Å². The first-order valence-electron chi connectivity index (χ1n) is 5.25. The lowest BCUT2D eigenvalue weighted by Crippen LogP contribution is -2.45. The summed E-state index contributed by atoms with van der Waals surface area (Å²) in [6.07, 6.45) is 6.25. The summed E-state index contributed by atoms with van der Waals surface area (Å²) in [5.41, 5.74) is 5.26. The number of thiocarbonyl (C=S) groups is 1. The van der Waals surface area contributed by atoms with E-state index in [0.29, 0.717) is 5.25 Å². The van der Waals surface area contributed by atoms with Gasteiger partial charge in [-0.1, -0.05) is 25.1 Å². The van der Waals surface area contributed by atoms with E-state index < -0.39 is 10.0 Å². The number of hydrogen-bond donors (Lipinski definition) is 2. The van der Waals surface area contributed by atoms with Crippen LogP contribution in [0.4, 0.5) is 0 Å². The predicted molar refractivity (Wildman–Crippen MR) is 73.3 cm³/mol. The number of nitrogens with two attached hydrogens (primary N) is 1. The highest BCUT2D eigenvalue weighted by Crippen LogP contribution is 2.27. The number of thioether (sulfide) groups is 1. The van der Waals surface area contributed by atoms with Crippen molar-refractivity contribution in [2.24, 2.45) is 5.73 Å². The molecule has 0 saturated heterocycles. The van der Waals surface area contributed by atoms with Crippen LogP contribution >= 0.6 is 24.0 Å². The average molecular weight is 282 g/mol. The minimum atomic E-state index is -3.35. The fraction of sp³-hybridized carbons (Fsp3) is 0.889.